The van der Waals surface area contributed by atoms with Crippen LogP contribution in [0.4, 0.5) is 0 Å². The fourth-order valence-corrected chi connectivity index (χ4v) is 1.56. The summed E-state index contributed by atoms with van der Waals surface area (Å²) in [5, 5.41) is 3.82. The highest BCUT2D eigenvalue weighted by molar-refractivity contribution is 5.78. The number of rotatable bonds is 8. The summed E-state index contributed by atoms with van der Waals surface area (Å²) in [7, 11) is 1.56. The summed E-state index contributed by atoms with van der Waals surface area (Å²) < 4.78 is 10.7. The van der Waals surface area contributed by atoms with Crippen LogP contribution in [0.15, 0.2) is 36.0 Å². The van der Waals surface area contributed by atoms with Crippen LogP contribution in [0.2, 0.25) is 0 Å². The van der Waals surface area contributed by atoms with Gasteiger partial charge in [-0.1, -0.05) is 26.0 Å². The molecule has 0 radical (unpaired) electrons. The Morgan fingerprint density at radius 3 is 2.81 bits per heavy atom. The van der Waals surface area contributed by atoms with Gasteiger partial charge in [-0.05, 0) is 30.0 Å². The maximum absolute atomic E-state index is 11.6. The van der Waals surface area contributed by atoms with E-state index in [1.807, 2.05) is 32.1 Å². The Hall–Kier alpha value is -2.30. The number of hydrogen-bond donors (Lipinski definition) is 1. The lowest BCUT2D eigenvalue weighted by atomic mass is 10.1. The van der Waals surface area contributed by atoms with E-state index in [1.165, 1.54) is 0 Å². The van der Waals surface area contributed by atoms with Crippen molar-refractivity contribution in [3.63, 3.8) is 0 Å². The number of nitrogens with zero attached hydrogens (tertiary/aromatic N) is 1. The highest BCUT2D eigenvalue weighted by Gasteiger charge is 2.08. The van der Waals surface area contributed by atoms with Crippen molar-refractivity contribution in [2.75, 3.05) is 13.7 Å². The van der Waals surface area contributed by atoms with E-state index in [9.17, 15) is 4.79 Å². The third-order valence-corrected chi connectivity index (χ3v) is 2.53. The summed E-state index contributed by atoms with van der Waals surface area (Å²) in [5.74, 6) is 1.08. The van der Waals surface area contributed by atoms with Crippen LogP contribution in [-0.4, -0.2) is 25.8 Å². The van der Waals surface area contributed by atoms with E-state index < -0.39 is 0 Å². The molecule has 0 bridgehead atoms. The maximum Gasteiger partial charge on any atom is 0.277 e. The number of hydrogen-bond acceptors (Lipinski definition) is 4. The van der Waals surface area contributed by atoms with Crippen LogP contribution in [0.5, 0.6) is 11.5 Å². The zero-order valence-corrected chi connectivity index (χ0v) is 12.8. The number of carbonyl (C=O) groups excluding carboxylic acids is 1. The average Bonchev–Trinajstić information content (AvgIpc) is 2.45. The lowest BCUT2D eigenvalue weighted by Crippen LogP contribution is -2.25. The summed E-state index contributed by atoms with van der Waals surface area (Å²) in [6.07, 6.45) is 4.22. The predicted molar refractivity (Wildman–Crippen MR) is 83.9 cm³/mol. The first-order chi connectivity index (χ1) is 10.1. The van der Waals surface area contributed by atoms with Crippen LogP contribution in [0.3, 0.4) is 0 Å². The second-order valence-corrected chi connectivity index (χ2v) is 4.82. The SMILES string of the molecule is C=CCc1ccc(OCC(=O)NN=CC(C)C)c(OC)c1. The molecular formula is C16H22N2O3. The number of carbonyl (C=O) groups is 1. The molecule has 1 rings (SSSR count). The summed E-state index contributed by atoms with van der Waals surface area (Å²) in [6, 6.07) is 5.56. The molecule has 1 amide bonds. The number of methoxy groups -OCH3 is 1. The van der Waals surface area contributed by atoms with Gasteiger partial charge >= 0.3 is 0 Å². The molecule has 0 fully saturated rings. The highest BCUT2D eigenvalue weighted by Crippen LogP contribution is 2.28. The Labute approximate surface area is 125 Å². The number of benzene rings is 1. The largest absolute Gasteiger partial charge is 0.493 e. The molecule has 0 saturated heterocycles. The minimum absolute atomic E-state index is 0.118. The van der Waals surface area contributed by atoms with Gasteiger partial charge in [0.25, 0.3) is 5.91 Å². The van der Waals surface area contributed by atoms with Crippen LogP contribution in [-0.2, 0) is 11.2 Å². The fourth-order valence-electron chi connectivity index (χ4n) is 1.56. The zero-order chi connectivity index (χ0) is 15.7. The number of ether oxygens (including phenoxy) is 2. The molecule has 0 aliphatic heterocycles. The van der Waals surface area contributed by atoms with E-state index in [2.05, 4.69) is 17.1 Å². The van der Waals surface area contributed by atoms with Crippen LogP contribution >= 0.6 is 0 Å². The molecule has 21 heavy (non-hydrogen) atoms. The third kappa shape index (κ3) is 6.12. The Balaban J connectivity index is 2.58. The van der Waals surface area contributed by atoms with Crippen molar-refractivity contribution in [3.8, 4) is 11.5 Å². The van der Waals surface area contributed by atoms with Gasteiger partial charge < -0.3 is 9.47 Å². The normalized spacial score (nSPS) is 10.7. The van der Waals surface area contributed by atoms with E-state index >= 15 is 0 Å². The van der Waals surface area contributed by atoms with Gasteiger partial charge in [-0.15, -0.1) is 6.58 Å². The molecule has 0 aliphatic rings. The molecular weight excluding hydrogens is 268 g/mol. The van der Waals surface area contributed by atoms with Gasteiger partial charge in [0, 0.05) is 6.21 Å². The van der Waals surface area contributed by atoms with E-state index in [1.54, 1.807) is 19.4 Å². The van der Waals surface area contributed by atoms with E-state index in [-0.39, 0.29) is 18.4 Å². The van der Waals surface area contributed by atoms with E-state index in [4.69, 9.17) is 9.47 Å². The molecule has 0 aliphatic carbocycles. The molecule has 1 aromatic rings. The van der Waals surface area contributed by atoms with Crippen molar-refractivity contribution in [2.24, 2.45) is 11.0 Å². The second kappa shape index (κ2) is 8.79. The average molecular weight is 290 g/mol. The Bertz CT molecular complexity index is 510. The van der Waals surface area contributed by atoms with Crippen molar-refractivity contribution < 1.29 is 14.3 Å². The number of allylic oxidation sites excluding steroid dienone is 1. The van der Waals surface area contributed by atoms with Gasteiger partial charge in [-0.25, -0.2) is 5.43 Å². The molecule has 0 atom stereocenters. The zero-order valence-electron chi connectivity index (χ0n) is 12.8. The van der Waals surface area contributed by atoms with Gasteiger partial charge in [-0.2, -0.15) is 5.10 Å². The molecule has 114 valence electrons. The number of nitrogens with one attached hydrogen (secondary N) is 1. The van der Waals surface area contributed by atoms with Gasteiger partial charge in [0.2, 0.25) is 0 Å². The predicted octanol–water partition coefficient (Wildman–Crippen LogP) is 2.56. The van der Waals surface area contributed by atoms with Gasteiger partial charge in [0.15, 0.2) is 18.1 Å². The number of amides is 1. The molecule has 0 spiro atoms. The van der Waals surface area contributed by atoms with Crippen LogP contribution in [0, 0.1) is 5.92 Å². The topological polar surface area (TPSA) is 59.9 Å². The summed E-state index contributed by atoms with van der Waals surface area (Å²) >= 11 is 0. The maximum atomic E-state index is 11.6. The smallest absolute Gasteiger partial charge is 0.277 e. The summed E-state index contributed by atoms with van der Waals surface area (Å²) in [4.78, 5) is 11.6. The Kier molecular flexibility index (Phi) is 7.01. The first-order valence-corrected chi connectivity index (χ1v) is 6.79. The van der Waals surface area contributed by atoms with Crippen molar-refractivity contribution in [1.82, 2.24) is 5.43 Å². The van der Waals surface area contributed by atoms with Crippen LogP contribution in [0.25, 0.3) is 0 Å². The number of hydrazone groups is 1. The van der Waals surface area contributed by atoms with Crippen LogP contribution in [0.1, 0.15) is 19.4 Å². The lowest BCUT2D eigenvalue weighted by Gasteiger charge is -2.11. The first-order valence-electron chi connectivity index (χ1n) is 6.79. The van der Waals surface area contributed by atoms with Gasteiger partial charge in [0.05, 0.1) is 7.11 Å². The monoisotopic (exact) mass is 290 g/mol. The molecule has 0 heterocycles. The Morgan fingerprint density at radius 1 is 1.43 bits per heavy atom. The molecule has 0 saturated carbocycles. The molecule has 0 aromatic heterocycles. The van der Waals surface area contributed by atoms with E-state index in [0.29, 0.717) is 11.5 Å². The van der Waals surface area contributed by atoms with Crippen molar-refractivity contribution >= 4 is 12.1 Å². The molecule has 5 nitrogen and oxygen atoms in total. The van der Waals surface area contributed by atoms with Gasteiger partial charge in [0.1, 0.15) is 0 Å². The second-order valence-electron chi connectivity index (χ2n) is 4.82. The standard InChI is InChI=1S/C16H22N2O3/c1-5-6-13-7-8-14(15(9-13)20-4)21-11-16(19)18-17-10-12(2)3/h5,7-10,12H,1,6,11H2,2-4H3,(H,18,19). The third-order valence-electron chi connectivity index (χ3n) is 2.53. The van der Waals surface area contributed by atoms with Crippen LogP contribution < -0.4 is 14.9 Å². The lowest BCUT2D eigenvalue weighted by molar-refractivity contribution is -0.123. The highest BCUT2D eigenvalue weighted by atomic mass is 16.5. The van der Waals surface area contributed by atoms with Gasteiger partial charge in [-0.3, -0.25) is 4.79 Å². The molecule has 1 N–H and O–H groups in total. The first kappa shape index (κ1) is 16.8. The summed E-state index contributed by atoms with van der Waals surface area (Å²) in [6.45, 7) is 7.53. The fraction of sp³-hybridized carbons (Fsp3) is 0.375. The van der Waals surface area contributed by atoms with E-state index in [0.717, 1.165) is 12.0 Å². The quantitative estimate of drug-likeness (QED) is 0.455. The molecule has 1 aromatic carbocycles. The molecule has 0 unspecified atom stereocenters. The molecule has 5 heteroatoms. The minimum atomic E-state index is -0.316. The Morgan fingerprint density at radius 2 is 2.19 bits per heavy atom. The van der Waals surface area contributed by atoms with Crippen molar-refractivity contribution in [2.45, 2.75) is 20.3 Å². The minimum Gasteiger partial charge on any atom is -0.493 e. The van der Waals surface area contributed by atoms with Crippen molar-refractivity contribution in [1.29, 1.82) is 0 Å². The van der Waals surface area contributed by atoms with Crippen molar-refractivity contribution in [3.05, 3.63) is 36.4 Å². The summed E-state index contributed by atoms with van der Waals surface area (Å²) in [5.41, 5.74) is 3.47.